The van der Waals surface area contributed by atoms with Crippen molar-refractivity contribution in [1.82, 2.24) is 0 Å². The quantitative estimate of drug-likeness (QED) is 0.585. The normalized spacial score (nSPS) is 19.2. The number of phenolic OH excluding ortho intramolecular Hbond substituents is 1. The monoisotopic (exact) mass is 429 g/mol. The van der Waals surface area contributed by atoms with E-state index in [2.05, 4.69) is 4.72 Å². The molecule has 0 spiro atoms. The molecule has 2 aromatic carbocycles. The summed E-state index contributed by atoms with van der Waals surface area (Å²) in [5.74, 6) is -1.18. The molecule has 0 radical (unpaired) electrons. The van der Waals surface area contributed by atoms with E-state index >= 15 is 0 Å². The Labute approximate surface area is 167 Å². The number of benzene rings is 2. The minimum absolute atomic E-state index is 0.0369. The lowest BCUT2D eigenvalue weighted by Crippen LogP contribution is -2.19. The van der Waals surface area contributed by atoms with Gasteiger partial charge < -0.3 is 10.2 Å². The second kappa shape index (κ2) is 8.23. The van der Waals surface area contributed by atoms with Crippen LogP contribution in [0.15, 0.2) is 42.5 Å². The Balaban J connectivity index is 1.83. The van der Waals surface area contributed by atoms with E-state index < -0.39 is 34.8 Å². The van der Waals surface area contributed by atoms with Gasteiger partial charge in [-0.3, -0.25) is 4.72 Å². The zero-order valence-corrected chi connectivity index (χ0v) is 16.3. The van der Waals surface area contributed by atoms with Crippen molar-refractivity contribution in [1.29, 1.82) is 0 Å². The van der Waals surface area contributed by atoms with Crippen molar-refractivity contribution in [2.24, 2.45) is 5.92 Å². The van der Waals surface area contributed by atoms with Crippen molar-refractivity contribution < 1.29 is 31.8 Å². The standard InChI is InChI=1S/C20H22F3NO4S/c21-20(22,23)8-3-9-29(27,28)24-15-6-7-18(26)17(11-15)19-14(12-25)10-13-4-1-2-5-16(13)19/h1-2,4-7,11,14,19,24-26H,3,8-10,12H2/t14-,19?/m1/s1. The third-order valence-electron chi connectivity index (χ3n) is 5.09. The summed E-state index contributed by atoms with van der Waals surface area (Å²) in [6.07, 6.45) is -5.49. The lowest BCUT2D eigenvalue weighted by Gasteiger charge is -2.21. The first-order valence-corrected chi connectivity index (χ1v) is 10.8. The highest BCUT2D eigenvalue weighted by molar-refractivity contribution is 7.92. The number of rotatable bonds is 7. The number of phenols is 1. The van der Waals surface area contributed by atoms with Gasteiger partial charge in [-0.2, -0.15) is 13.2 Å². The summed E-state index contributed by atoms with van der Waals surface area (Å²) in [6.45, 7) is -0.105. The van der Waals surface area contributed by atoms with Gasteiger partial charge in [0.1, 0.15) is 5.75 Å². The number of halogens is 3. The van der Waals surface area contributed by atoms with Crippen LogP contribution in [0.3, 0.4) is 0 Å². The van der Waals surface area contributed by atoms with Gasteiger partial charge in [0.25, 0.3) is 0 Å². The predicted octanol–water partition coefficient (Wildman–Crippen LogP) is 3.77. The van der Waals surface area contributed by atoms with Gasteiger partial charge in [0.05, 0.1) is 5.75 Å². The zero-order valence-electron chi connectivity index (χ0n) is 15.5. The van der Waals surface area contributed by atoms with Gasteiger partial charge in [-0.1, -0.05) is 24.3 Å². The first-order chi connectivity index (χ1) is 13.6. The maximum Gasteiger partial charge on any atom is 0.389 e. The molecule has 0 saturated carbocycles. The number of anilines is 1. The number of hydrogen-bond donors (Lipinski definition) is 3. The molecule has 2 atom stereocenters. The van der Waals surface area contributed by atoms with Crippen LogP contribution in [0, 0.1) is 5.92 Å². The molecule has 0 saturated heterocycles. The molecule has 5 nitrogen and oxygen atoms in total. The third-order valence-corrected chi connectivity index (χ3v) is 6.46. The fourth-order valence-corrected chi connectivity index (χ4v) is 4.94. The number of alkyl halides is 3. The van der Waals surface area contributed by atoms with Crippen molar-refractivity contribution in [3.63, 3.8) is 0 Å². The molecule has 0 bridgehead atoms. The molecule has 2 aromatic rings. The summed E-state index contributed by atoms with van der Waals surface area (Å²) >= 11 is 0. The number of nitrogens with one attached hydrogen (secondary N) is 1. The van der Waals surface area contributed by atoms with Gasteiger partial charge in [-0.15, -0.1) is 0 Å². The van der Waals surface area contributed by atoms with E-state index in [-0.39, 0.29) is 29.9 Å². The van der Waals surface area contributed by atoms with Crippen LogP contribution in [0.2, 0.25) is 0 Å². The lowest BCUT2D eigenvalue weighted by molar-refractivity contribution is -0.134. The van der Waals surface area contributed by atoms with E-state index in [0.29, 0.717) is 12.0 Å². The largest absolute Gasteiger partial charge is 0.508 e. The van der Waals surface area contributed by atoms with Crippen molar-refractivity contribution in [3.8, 4) is 5.75 Å². The van der Waals surface area contributed by atoms with Gasteiger partial charge in [-0.05, 0) is 48.1 Å². The Bertz CT molecular complexity index is 976. The lowest BCUT2D eigenvalue weighted by atomic mass is 9.85. The number of aromatic hydroxyl groups is 1. The van der Waals surface area contributed by atoms with Crippen LogP contribution in [0.4, 0.5) is 18.9 Å². The average molecular weight is 429 g/mol. The minimum atomic E-state index is -4.41. The number of fused-ring (bicyclic) bond motifs is 1. The van der Waals surface area contributed by atoms with Crippen LogP contribution < -0.4 is 4.72 Å². The molecule has 9 heteroatoms. The molecular weight excluding hydrogens is 407 g/mol. The van der Waals surface area contributed by atoms with E-state index in [9.17, 15) is 31.8 Å². The van der Waals surface area contributed by atoms with Crippen LogP contribution in [0.5, 0.6) is 5.75 Å². The zero-order chi connectivity index (χ0) is 21.2. The molecular formula is C20H22F3NO4S. The van der Waals surface area contributed by atoms with Crippen LogP contribution in [0.1, 0.15) is 35.4 Å². The van der Waals surface area contributed by atoms with E-state index in [1.165, 1.54) is 18.2 Å². The molecule has 1 aliphatic carbocycles. The summed E-state index contributed by atoms with van der Waals surface area (Å²) in [5.41, 5.74) is 2.62. The Morgan fingerprint density at radius 3 is 2.52 bits per heavy atom. The van der Waals surface area contributed by atoms with E-state index in [4.69, 9.17) is 0 Å². The fraction of sp³-hybridized carbons (Fsp3) is 0.400. The third kappa shape index (κ3) is 5.22. The summed E-state index contributed by atoms with van der Waals surface area (Å²) in [7, 11) is -3.97. The predicted molar refractivity (Wildman–Crippen MR) is 103 cm³/mol. The van der Waals surface area contributed by atoms with E-state index in [1.54, 1.807) is 0 Å². The van der Waals surface area contributed by atoms with Crippen LogP contribution in [-0.4, -0.2) is 37.2 Å². The molecule has 158 valence electrons. The Hall–Kier alpha value is -2.26. The summed E-state index contributed by atoms with van der Waals surface area (Å²) < 4.78 is 63.3. The summed E-state index contributed by atoms with van der Waals surface area (Å²) in [5, 5.41) is 20.2. The second-order valence-electron chi connectivity index (χ2n) is 7.24. The number of aliphatic hydroxyl groups is 1. The number of aliphatic hydroxyl groups excluding tert-OH is 1. The Morgan fingerprint density at radius 2 is 1.83 bits per heavy atom. The SMILES string of the molecule is O=S(=O)(CCCC(F)(F)F)Nc1ccc(O)c(C2c3ccccc3C[C@@H]2CO)c1. The molecule has 1 unspecified atom stereocenters. The first-order valence-electron chi connectivity index (χ1n) is 9.18. The van der Waals surface area contributed by atoms with Crippen molar-refractivity contribution in [2.75, 3.05) is 17.1 Å². The van der Waals surface area contributed by atoms with Crippen LogP contribution in [-0.2, 0) is 16.4 Å². The molecule has 0 aromatic heterocycles. The molecule has 0 amide bonds. The molecule has 3 rings (SSSR count). The second-order valence-corrected chi connectivity index (χ2v) is 9.08. The molecule has 0 aliphatic heterocycles. The van der Waals surface area contributed by atoms with Gasteiger partial charge in [0, 0.05) is 30.2 Å². The maximum absolute atomic E-state index is 12.3. The summed E-state index contributed by atoms with van der Waals surface area (Å²) in [4.78, 5) is 0. The topological polar surface area (TPSA) is 86.6 Å². The number of sulfonamides is 1. The van der Waals surface area contributed by atoms with Crippen molar-refractivity contribution in [2.45, 2.75) is 31.4 Å². The van der Waals surface area contributed by atoms with E-state index in [1.807, 2.05) is 24.3 Å². The van der Waals surface area contributed by atoms with Gasteiger partial charge >= 0.3 is 6.18 Å². The minimum Gasteiger partial charge on any atom is -0.508 e. The van der Waals surface area contributed by atoms with Crippen molar-refractivity contribution in [3.05, 3.63) is 59.2 Å². The van der Waals surface area contributed by atoms with E-state index in [0.717, 1.165) is 11.1 Å². The molecule has 0 fully saturated rings. The molecule has 1 aliphatic rings. The highest BCUT2D eigenvalue weighted by Gasteiger charge is 2.34. The molecule has 0 heterocycles. The van der Waals surface area contributed by atoms with Gasteiger partial charge in [0.15, 0.2) is 0 Å². The Kier molecular flexibility index (Phi) is 6.09. The van der Waals surface area contributed by atoms with Crippen molar-refractivity contribution >= 4 is 15.7 Å². The number of hydrogen-bond acceptors (Lipinski definition) is 4. The first kappa shape index (κ1) is 21.4. The molecule has 3 N–H and O–H groups in total. The highest BCUT2D eigenvalue weighted by atomic mass is 32.2. The summed E-state index contributed by atoms with van der Waals surface area (Å²) in [6, 6.07) is 11.8. The van der Waals surface area contributed by atoms with Gasteiger partial charge in [0.2, 0.25) is 10.0 Å². The maximum atomic E-state index is 12.3. The average Bonchev–Trinajstić information content (AvgIpc) is 3.00. The van der Waals surface area contributed by atoms with Crippen LogP contribution in [0.25, 0.3) is 0 Å². The molecule has 29 heavy (non-hydrogen) atoms. The Morgan fingerprint density at radius 1 is 1.10 bits per heavy atom. The highest BCUT2D eigenvalue weighted by Crippen LogP contribution is 2.45. The van der Waals surface area contributed by atoms with Gasteiger partial charge in [-0.25, -0.2) is 8.42 Å². The fourth-order valence-electron chi connectivity index (χ4n) is 3.83. The smallest absolute Gasteiger partial charge is 0.389 e. The van der Waals surface area contributed by atoms with Crippen LogP contribution >= 0.6 is 0 Å².